The highest BCUT2D eigenvalue weighted by atomic mass is 35.5. The number of rotatable bonds is 8. The number of nitrogens with zero attached hydrogens (tertiary/aromatic N) is 2. The molecule has 0 bridgehead atoms. The molecule has 206 valence electrons. The van der Waals surface area contributed by atoms with E-state index < -0.39 is 11.7 Å². The number of alkyl halides is 3. The van der Waals surface area contributed by atoms with Crippen LogP contribution in [0.5, 0.6) is 0 Å². The van der Waals surface area contributed by atoms with Gasteiger partial charge in [0.05, 0.1) is 18.3 Å². The molecule has 39 heavy (non-hydrogen) atoms. The number of amides is 2. The van der Waals surface area contributed by atoms with Crippen LogP contribution in [0, 0.1) is 0 Å². The van der Waals surface area contributed by atoms with E-state index in [2.05, 4.69) is 10.2 Å². The molecule has 2 amide bonds. The first-order chi connectivity index (χ1) is 18.6. The molecule has 1 aliphatic rings. The maximum absolute atomic E-state index is 12.9. The molecular weight excluding hydrogens is 531 g/mol. The fraction of sp³-hybridized carbons (Fsp3) is 0.310. The van der Waals surface area contributed by atoms with Crippen LogP contribution in [-0.4, -0.2) is 54.3 Å². The van der Waals surface area contributed by atoms with Gasteiger partial charge >= 0.3 is 12.2 Å². The summed E-state index contributed by atoms with van der Waals surface area (Å²) in [6.07, 6.45) is -4.73. The van der Waals surface area contributed by atoms with Gasteiger partial charge in [0, 0.05) is 49.0 Å². The van der Waals surface area contributed by atoms with Crippen molar-refractivity contribution < 1.29 is 27.5 Å². The first kappa shape index (κ1) is 28.6. The number of halogens is 4. The number of carbonyl (C=O) groups excluding carboxylic acids is 2. The molecule has 4 rings (SSSR count). The average Bonchev–Trinajstić information content (AvgIpc) is 2.92. The molecule has 1 unspecified atom stereocenters. The lowest BCUT2D eigenvalue weighted by Crippen LogP contribution is -2.50. The zero-order valence-electron chi connectivity index (χ0n) is 21.4. The van der Waals surface area contributed by atoms with Gasteiger partial charge in [-0.15, -0.1) is 0 Å². The van der Waals surface area contributed by atoms with Crippen LogP contribution >= 0.6 is 11.6 Å². The SMILES string of the molecule is CC(=O)c1cccc(NC(=O)N2CCN(CC(OCc3ccc(C(F)(F)F)cc3)c3ccc(Cl)cc3)CC2)c1. The van der Waals surface area contributed by atoms with Crippen LogP contribution in [0.4, 0.5) is 23.7 Å². The molecule has 0 spiro atoms. The highest BCUT2D eigenvalue weighted by Gasteiger charge is 2.30. The summed E-state index contributed by atoms with van der Waals surface area (Å²) < 4.78 is 44.9. The van der Waals surface area contributed by atoms with E-state index in [-0.39, 0.29) is 24.5 Å². The molecule has 3 aromatic carbocycles. The Morgan fingerprint density at radius 1 is 0.974 bits per heavy atom. The van der Waals surface area contributed by atoms with E-state index in [0.29, 0.717) is 54.6 Å². The molecule has 6 nitrogen and oxygen atoms in total. The standard InChI is InChI=1S/C29H29ClF3N3O3/c1-20(37)23-3-2-4-26(17-23)34-28(38)36-15-13-35(14-16-36)18-27(22-7-11-25(30)12-8-22)39-19-21-5-9-24(10-6-21)29(31,32)33/h2-12,17,27H,13-16,18-19H2,1H3,(H,34,38). The zero-order chi connectivity index (χ0) is 28.0. The van der Waals surface area contributed by atoms with Crippen molar-refractivity contribution in [2.45, 2.75) is 25.8 Å². The van der Waals surface area contributed by atoms with Gasteiger partial charge in [-0.1, -0.05) is 48.0 Å². The summed E-state index contributed by atoms with van der Waals surface area (Å²) >= 11 is 6.06. The maximum Gasteiger partial charge on any atom is 0.416 e. The molecule has 3 aromatic rings. The summed E-state index contributed by atoms with van der Waals surface area (Å²) in [5.41, 5.74) is 1.93. The molecule has 1 atom stereocenters. The highest BCUT2D eigenvalue weighted by Crippen LogP contribution is 2.30. The number of benzene rings is 3. The lowest BCUT2D eigenvalue weighted by Gasteiger charge is -2.36. The Hall–Kier alpha value is -3.40. The van der Waals surface area contributed by atoms with E-state index in [1.807, 2.05) is 12.1 Å². The first-order valence-corrected chi connectivity index (χ1v) is 12.9. The van der Waals surface area contributed by atoms with E-state index in [1.54, 1.807) is 41.3 Å². The molecule has 0 radical (unpaired) electrons. The van der Waals surface area contributed by atoms with Crippen LogP contribution in [0.3, 0.4) is 0 Å². The molecular formula is C29H29ClF3N3O3. The maximum atomic E-state index is 12.9. The highest BCUT2D eigenvalue weighted by molar-refractivity contribution is 6.30. The fourth-order valence-electron chi connectivity index (χ4n) is 4.31. The number of hydrogen-bond acceptors (Lipinski definition) is 4. The number of carbonyl (C=O) groups is 2. The summed E-state index contributed by atoms with van der Waals surface area (Å²) in [6.45, 7) is 4.41. The van der Waals surface area contributed by atoms with E-state index >= 15 is 0 Å². The van der Waals surface area contributed by atoms with Gasteiger partial charge in [-0.3, -0.25) is 9.69 Å². The normalized spacial score (nSPS) is 15.2. The summed E-state index contributed by atoms with van der Waals surface area (Å²) in [7, 11) is 0. The van der Waals surface area contributed by atoms with Crippen molar-refractivity contribution >= 4 is 29.1 Å². The second-order valence-corrected chi connectivity index (χ2v) is 9.84. The molecule has 1 aliphatic heterocycles. The summed E-state index contributed by atoms with van der Waals surface area (Å²) in [5.74, 6) is -0.0736. The van der Waals surface area contributed by atoms with Crippen molar-refractivity contribution in [3.8, 4) is 0 Å². The first-order valence-electron chi connectivity index (χ1n) is 12.5. The Bertz CT molecular complexity index is 1280. The van der Waals surface area contributed by atoms with Gasteiger partial charge in [0.15, 0.2) is 5.78 Å². The molecule has 0 aromatic heterocycles. The zero-order valence-corrected chi connectivity index (χ0v) is 22.1. The minimum atomic E-state index is -4.39. The Morgan fingerprint density at radius 3 is 2.26 bits per heavy atom. The number of ether oxygens (including phenoxy) is 1. The Kier molecular flexibility index (Phi) is 9.27. The lowest BCUT2D eigenvalue weighted by atomic mass is 10.1. The largest absolute Gasteiger partial charge is 0.416 e. The van der Waals surface area contributed by atoms with E-state index in [9.17, 15) is 22.8 Å². The quantitative estimate of drug-likeness (QED) is 0.313. The Labute approximate surface area is 230 Å². The third kappa shape index (κ3) is 8.05. The molecule has 1 heterocycles. The number of piperazine rings is 1. The van der Waals surface area contributed by atoms with E-state index in [4.69, 9.17) is 16.3 Å². The minimum Gasteiger partial charge on any atom is -0.368 e. The Morgan fingerprint density at radius 2 is 1.64 bits per heavy atom. The smallest absolute Gasteiger partial charge is 0.368 e. The molecule has 0 saturated carbocycles. The lowest BCUT2D eigenvalue weighted by molar-refractivity contribution is -0.137. The molecule has 1 saturated heterocycles. The van der Waals surface area contributed by atoms with Crippen molar-refractivity contribution in [3.63, 3.8) is 0 Å². The molecule has 1 fully saturated rings. The van der Waals surface area contributed by atoms with Crippen molar-refractivity contribution in [1.82, 2.24) is 9.80 Å². The number of ketones is 1. The number of urea groups is 1. The summed E-state index contributed by atoms with van der Waals surface area (Å²) in [5, 5.41) is 3.45. The number of nitrogens with one attached hydrogen (secondary N) is 1. The Balaban J connectivity index is 1.35. The van der Waals surface area contributed by atoms with Crippen LogP contribution < -0.4 is 5.32 Å². The van der Waals surface area contributed by atoms with Gasteiger partial charge in [0.1, 0.15) is 0 Å². The minimum absolute atomic E-state index is 0.0736. The molecule has 0 aliphatic carbocycles. The molecule has 10 heteroatoms. The summed E-state index contributed by atoms with van der Waals surface area (Å²) in [6, 6.07) is 18.8. The van der Waals surface area contributed by atoms with Crippen LogP contribution in [0.2, 0.25) is 5.02 Å². The van der Waals surface area contributed by atoms with Gasteiger partial charge in [-0.2, -0.15) is 13.2 Å². The van der Waals surface area contributed by atoms with Crippen LogP contribution in [0.25, 0.3) is 0 Å². The van der Waals surface area contributed by atoms with Gasteiger partial charge in [-0.25, -0.2) is 4.79 Å². The number of anilines is 1. The monoisotopic (exact) mass is 559 g/mol. The van der Waals surface area contributed by atoms with Gasteiger partial charge in [0.2, 0.25) is 0 Å². The van der Waals surface area contributed by atoms with Crippen LogP contribution in [0.15, 0.2) is 72.8 Å². The average molecular weight is 560 g/mol. The second kappa shape index (κ2) is 12.6. The van der Waals surface area contributed by atoms with E-state index in [0.717, 1.165) is 17.7 Å². The number of hydrogen-bond donors (Lipinski definition) is 1. The van der Waals surface area contributed by atoms with Crippen LogP contribution in [-0.2, 0) is 17.5 Å². The topological polar surface area (TPSA) is 61.9 Å². The predicted molar refractivity (Wildman–Crippen MR) is 144 cm³/mol. The molecule has 1 N–H and O–H groups in total. The van der Waals surface area contributed by atoms with Crippen molar-refractivity contribution in [3.05, 3.63) is 100 Å². The van der Waals surface area contributed by atoms with Gasteiger partial charge in [-0.05, 0) is 54.4 Å². The van der Waals surface area contributed by atoms with Crippen LogP contribution in [0.1, 0.15) is 40.1 Å². The van der Waals surface area contributed by atoms with Crippen molar-refractivity contribution in [1.29, 1.82) is 0 Å². The van der Waals surface area contributed by atoms with Crippen molar-refractivity contribution in [2.24, 2.45) is 0 Å². The van der Waals surface area contributed by atoms with Crippen molar-refractivity contribution in [2.75, 3.05) is 38.0 Å². The predicted octanol–water partition coefficient (Wildman–Crippen LogP) is 6.67. The van der Waals surface area contributed by atoms with Gasteiger partial charge < -0.3 is 15.0 Å². The van der Waals surface area contributed by atoms with E-state index in [1.165, 1.54) is 19.1 Å². The third-order valence-corrected chi connectivity index (χ3v) is 6.83. The second-order valence-electron chi connectivity index (χ2n) is 9.40. The van der Waals surface area contributed by atoms with Gasteiger partial charge in [0.25, 0.3) is 0 Å². The number of Topliss-reactive ketones (excluding diaryl/α,β-unsaturated/α-hetero) is 1. The third-order valence-electron chi connectivity index (χ3n) is 6.58. The summed E-state index contributed by atoms with van der Waals surface area (Å²) in [4.78, 5) is 28.3. The fourth-order valence-corrected chi connectivity index (χ4v) is 4.43.